The van der Waals surface area contributed by atoms with Crippen molar-refractivity contribution in [2.75, 3.05) is 6.61 Å². The van der Waals surface area contributed by atoms with Crippen molar-refractivity contribution in [1.29, 1.82) is 0 Å². The first-order valence-corrected chi connectivity index (χ1v) is 17.9. The van der Waals surface area contributed by atoms with Gasteiger partial charge in [0.25, 0.3) is 0 Å². The van der Waals surface area contributed by atoms with Crippen molar-refractivity contribution in [3.05, 3.63) is 0 Å². The van der Waals surface area contributed by atoms with Gasteiger partial charge in [0.1, 0.15) is 24.4 Å². The number of rotatable bonds is 5. The molecule has 0 aromatic rings. The van der Waals surface area contributed by atoms with Crippen LogP contribution in [0.4, 0.5) is 0 Å². The molecule has 10 heteroatoms. The highest BCUT2D eigenvalue weighted by atomic mass is 16.7. The smallest absolute Gasteiger partial charge is 0.186 e. The summed E-state index contributed by atoms with van der Waals surface area (Å²) in [5.41, 5.74) is -2.83. The molecular weight excluding hydrogens is 592 g/mol. The van der Waals surface area contributed by atoms with Crippen LogP contribution in [0, 0.1) is 45.3 Å². The molecule has 6 fully saturated rings. The molecule has 0 bridgehead atoms. The molecule has 0 aromatic carbocycles. The number of hydrogen-bond acceptors (Lipinski definition) is 10. The monoisotopic (exact) mass is 654 g/mol. The quantitative estimate of drug-likeness (QED) is 0.219. The Morgan fingerprint density at radius 2 is 1.50 bits per heavy atom. The fourth-order valence-corrected chi connectivity index (χ4v) is 12.7. The third kappa shape index (κ3) is 4.94. The minimum Gasteiger partial charge on any atom is -0.394 e. The normalized spacial score (nSPS) is 57.1. The molecule has 6 aliphatic rings. The van der Waals surface area contributed by atoms with Gasteiger partial charge in [0.05, 0.1) is 42.2 Å². The van der Waals surface area contributed by atoms with E-state index in [0.29, 0.717) is 19.3 Å². The van der Waals surface area contributed by atoms with Crippen LogP contribution in [0.5, 0.6) is 0 Å². The summed E-state index contributed by atoms with van der Waals surface area (Å²) in [5.74, 6) is 0.0944. The molecule has 266 valence electrons. The van der Waals surface area contributed by atoms with Crippen LogP contribution in [0.1, 0.15) is 107 Å². The number of fused-ring (bicyclic) bond motifs is 5. The number of aliphatic hydroxyl groups is 7. The standard InChI is InChI=1S/C36H62O10/c1-31(2)23(39)10-12-33(5)22-15-19(38)25-18(36(8)14-11-24(46-36)32(3,4)43)9-13-34(25,6)35(22,7)16-20(29(31)33)44-30-28(42)27(41)26(40)21(17-37)45-30/h18-30,37-43H,9-17H2,1-8H3/t18-,19+,20-,21+,22+,23-,24+,25-,26+,27-,28+,29-,30-,33+,34+,35+,36-/m0/s1. The summed E-state index contributed by atoms with van der Waals surface area (Å²) in [5, 5.41) is 76.4. The van der Waals surface area contributed by atoms with Crippen molar-refractivity contribution in [1.82, 2.24) is 0 Å². The molecule has 4 aliphatic carbocycles. The van der Waals surface area contributed by atoms with Gasteiger partial charge in [-0.1, -0.05) is 34.6 Å². The Hall–Kier alpha value is -0.400. The maximum atomic E-state index is 12.2. The van der Waals surface area contributed by atoms with E-state index >= 15 is 0 Å². The number of aliphatic hydroxyl groups excluding tert-OH is 6. The van der Waals surface area contributed by atoms with E-state index in [0.717, 1.165) is 32.1 Å². The Balaban J connectivity index is 1.38. The molecule has 6 rings (SSSR count). The Bertz CT molecular complexity index is 1140. The lowest BCUT2D eigenvalue weighted by Gasteiger charge is -2.72. The average molecular weight is 655 g/mol. The Kier molecular flexibility index (Phi) is 8.71. The van der Waals surface area contributed by atoms with Gasteiger partial charge in [-0.25, -0.2) is 0 Å². The van der Waals surface area contributed by atoms with E-state index in [-0.39, 0.29) is 46.0 Å². The van der Waals surface area contributed by atoms with Crippen LogP contribution in [0.25, 0.3) is 0 Å². The molecule has 2 aliphatic heterocycles. The summed E-state index contributed by atoms with van der Waals surface area (Å²) in [7, 11) is 0. The van der Waals surface area contributed by atoms with Crippen molar-refractivity contribution in [2.45, 2.75) is 173 Å². The molecule has 17 atom stereocenters. The van der Waals surface area contributed by atoms with E-state index in [2.05, 4.69) is 41.5 Å². The Morgan fingerprint density at radius 1 is 0.826 bits per heavy atom. The molecule has 0 aromatic heterocycles. The fraction of sp³-hybridized carbons (Fsp3) is 1.00. The highest BCUT2D eigenvalue weighted by Gasteiger charge is 2.74. The summed E-state index contributed by atoms with van der Waals surface area (Å²) in [6.45, 7) is 16.4. The van der Waals surface area contributed by atoms with E-state index in [1.807, 2.05) is 0 Å². The van der Waals surface area contributed by atoms with Crippen molar-refractivity contribution >= 4 is 0 Å². The van der Waals surface area contributed by atoms with Crippen LogP contribution in [-0.2, 0) is 14.2 Å². The lowest BCUT2D eigenvalue weighted by molar-refractivity contribution is -0.347. The molecule has 7 N–H and O–H groups in total. The van der Waals surface area contributed by atoms with Gasteiger partial charge >= 0.3 is 0 Å². The number of ether oxygens (including phenoxy) is 3. The summed E-state index contributed by atoms with van der Waals surface area (Å²) in [6.07, 6.45) is -2.57. The molecule has 0 amide bonds. The van der Waals surface area contributed by atoms with Crippen LogP contribution in [0.15, 0.2) is 0 Å². The highest BCUT2D eigenvalue weighted by Crippen LogP contribution is 2.76. The zero-order valence-electron chi connectivity index (χ0n) is 29.2. The lowest BCUT2D eigenvalue weighted by Crippen LogP contribution is -2.71. The van der Waals surface area contributed by atoms with E-state index in [9.17, 15) is 35.7 Å². The molecule has 2 saturated heterocycles. The highest BCUT2D eigenvalue weighted by molar-refractivity contribution is 5.22. The van der Waals surface area contributed by atoms with Crippen molar-refractivity contribution in [2.24, 2.45) is 45.3 Å². The van der Waals surface area contributed by atoms with Gasteiger partial charge in [-0.3, -0.25) is 0 Å². The Labute approximate surface area is 274 Å². The first-order valence-electron chi connectivity index (χ1n) is 17.9. The van der Waals surface area contributed by atoms with Gasteiger partial charge in [-0.2, -0.15) is 0 Å². The van der Waals surface area contributed by atoms with Gasteiger partial charge < -0.3 is 50.0 Å². The van der Waals surface area contributed by atoms with Crippen LogP contribution < -0.4 is 0 Å². The molecule has 2 heterocycles. The van der Waals surface area contributed by atoms with Crippen molar-refractivity contribution < 1.29 is 50.0 Å². The van der Waals surface area contributed by atoms with Gasteiger partial charge in [0, 0.05) is 0 Å². The molecule has 0 radical (unpaired) electrons. The second kappa shape index (κ2) is 11.3. The maximum Gasteiger partial charge on any atom is 0.186 e. The third-order valence-corrected chi connectivity index (χ3v) is 15.3. The van der Waals surface area contributed by atoms with E-state index in [1.165, 1.54) is 0 Å². The molecule has 4 saturated carbocycles. The van der Waals surface area contributed by atoms with Crippen LogP contribution in [0.2, 0.25) is 0 Å². The second-order valence-electron chi connectivity index (χ2n) is 18.4. The van der Waals surface area contributed by atoms with E-state index < -0.39 is 72.2 Å². The average Bonchev–Trinajstić information content (AvgIpc) is 3.55. The van der Waals surface area contributed by atoms with Gasteiger partial charge in [-0.15, -0.1) is 0 Å². The minimum atomic E-state index is -1.54. The van der Waals surface area contributed by atoms with Crippen LogP contribution >= 0.6 is 0 Å². The summed E-state index contributed by atoms with van der Waals surface area (Å²) in [4.78, 5) is 0. The molecule has 46 heavy (non-hydrogen) atoms. The second-order valence-corrected chi connectivity index (χ2v) is 18.4. The van der Waals surface area contributed by atoms with Gasteiger partial charge in [0.15, 0.2) is 6.29 Å². The summed E-state index contributed by atoms with van der Waals surface area (Å²) < 4.78 is 19.4. The summed E-state index contributed by atoms with van der Waals surface area (Å²) >= 11 is 0. The van der Waals surface area contributed by atoms with Crippen LogP contribution in [-0.4, -0.2) is 109 Å². The van der Waals surface area contributed by atoms with Gasteiger partial charge in [0.2, 0.25) is 0 Å². The van der Waals surface area contributed by atoms with E-state index in [1.54, 1.807) is 13.8 Å². The largest absolute Gasteiger partial charge is 0.394 e. The van der Waals surface area contributed by atoms with Gasteiger partial charge in [-0.05, 0) is 117 Å². The predicted octanol–water partition coefficient (Wildman–Crippen LogP) is 2.51. The first kappa shape index (κ1) is 35.4. The maximum absolute atomic E-state index is 12.2. The zero-order valence-corrected chi connectivity index (χ0v) is 29.2. The molecule has 10 nitrogen and oxygen atoms in total. The summed E-state index contributed by atoms with van der Waals surface area (Å²) in [6, 6.07) is 0. The van der Waals surface area contributed by atoms with Crippen molar-refractivity contribution in [3.8, 4) is 0 Å². The Morgan fingerprint density at radius 3 is 2.11 bits per heavy atom. The third-order valence-electron chi connectivity index (χ3n) is 15.3. The van der Waals surface area contributed by atoms with E-state index in [4.69, 9.17) is 14.2 Å². The zero-order chi connectivity index (χ0) is 34.0. The predicted molar refractivity (Wildman–Crippen MR) is 169 cm³/mol. The lowest BCUT2D eigenvalue weighted by atomic mass is 9.34. The first-order chi connectivity index (χ1) is 21.2. The van der Waals surface area contributed by atoms with Crippen molar-refractivity contribution in [3.63, 3.8) is 0 Å². The molecule has 0 unspecified atom stereocenters. The minimum absolute atomic E-state index is 0.0189. The number of hydrogen-bond donors (Lipinski definition) is 7. The topological polar surface area (TPSA) is 169 Å². The SMILES string of the molecule is CC(C)(O)[C@H]1CC[C@@](C)([C@H]2CC[C@]3(C)[C@@H]2[C@H](O)C[C@@H]2[C@@]4(C)CC[C@H](O)C(C)(C)[C@@H]4[C@@H](O[C@H]4O[C@H](CO)[C@@H](O)[C@H](O)[C@H]4O)C[C@]23C)O1. The van der Waals surface area contributed by atoms with Crippen LogP contribution in [0.3, 0.4) is 0 Å². The molecular formula is C36H62O10. The fourth-order valence-electron chi connectivity index (χ4n) is 12.7. The molecule has 0 spiro atoms.